The van der Waals surface area contributed by atoms with Crippen molar-refractivity contribution in [3.63, 3.8) is 0 Å². The summed E-state index contributed by atoms with van der Waals surface area (Å²) in [5.74, 6) is 1.48. The average Bonchev–Trinajstić information content (AvgIpc) is 2.72. The molecular formula is C21H22N4O3. The van der Waals surface area contributed by atoms with E-state index in [-0.39, 0.29) is 0 Å². The SMILES string of the molecule is COC(=O)c1ccccc1Nc1cc(C)nc(NCc2ccc(OC)cc2)n1. The van der Waals surface area contributed by atoms with Crippen LogP contribution in [0.1, 0.15) is 21.6 Å². The van der Waals surface area contributed by atoms with Gasteiger partial charge in [0.2, 0.25) is 5.95 Å². The molecule has 1 heterocycles. The molecule has 0 spiro atoms. The molecule has 144 valence electrons. The first-order valence-corrected chi connectivity index (χ1v) is 8.76. The van der Waals surface area contributed by atoms with Crippen LogP contribution in [0.25, 0.3) is 0 Å². The van der Waals surface area contributed by atoms with Crippen molar-refractivity contribution in [1.29, 1.82) is 0 Å². The Kier molecular flexibility index (Phi) is 6.06. The number of carbonyl (C=O) groups is 1. The highest BCUT2D eigenvalue weighted by molar-refractivity contribution is 5.96. The largest absolute Gasteiger partial charge is 0.497 e. The number of benzene rings is 2. The number of anilines is 3. The highest BCUT2D eigenvalue weighted by Gasteiger charge is 2.12. The summed E-state index contributed by atoms with van der Waals surface area (Å²) in [6.07, 6.45) is 0. The molecular weight excluding hydrogens is 356 g/mol. The number of esters is 1. The Hall–Kier alpha value is -3.61. The van der Waals surface area contributed by atoms with Gasteiger partial charge in [0.25, 0.3) is 0 Å². The van der Waals surface area contributed by atoms with Crippen LogP contribution >= 0.6 is 0 Å². The van der Waals surface area contributed by atoms with Gasteiger partial charge in [0.15, 0.2) is 0 Å². The first-order chi connectivity index (χ1) is 13.6. The summed E-state index contributed by atoms with van der Waals surface area (Å²) < 4.78 is 10.0. The number of nitrogens with zero attached hydrogens (tertiary/aromatic N) is 2. The molecule has 0 saturated carbocycles. The van der Waals surface area contributed by atoms with Crippen LogP contribution in [0.5, 0.6) is 5.75 Å². The number of carbonyl (C=O) groups excluding carboxylic acids is 1. The van der Waals surface area contributed by atoms with Gasteiger partial charge in [-0.3, -0.25) is 0 Å². The van der Waals surface area contributed by atoms with E-state index in [2.05, 4.69) is 20.6 Å². The van der Waals surface area contributed by atoms with E-state index in [1.54, 1.807) is 25.3 Å². The molecule has 0 fully saturated rings. The summed E-state index contributed by atoms with van der Waals surface area (Å²) in [5.41, 5.74) is 2.93. The number of aryl methyl sites for hydroxylation is 1. The van der Waals surface area contributed by atoms with E-state index < -0.39 is 5.97 Å². The number of para-hydroxylation sites is 1. The van der Waals surface area contributed by atoms with Gasteiger partial charge in [-0.15, -0.1) is 0 Å². The van der Waals surface area contributed by atoms with E-state index in [0.717, 1.165) is 17.0 Å². The van der Waals surface area contributed by atoms with Gasteiger partial charge in [-0.25, -0.2) is 9.78 Å². The standard InChI is InChI=1S/C21H22N4O3/c1-14-12-19(24-18-7-5-4-6-17(18)20(26)28-3)25-21(23-14)22-13-15-8-10-16(27-2)11-9-15/h4-12H,13H2,1-3H3,(H2,22,23,24,25). The summed E-state index contributed by atoms with van der Waals surface area (Å²) in [4.78, 5) is 20.9. The van der Waals surface area contributed by atoms with Crippen molar-refractivity contribution in [2.75, 3.05) is 24.9 Å². The van der Waals surface area contributed by atoms with E-state index in [1.807, 2.05) is 43.3 Å². The molecule has 0 aliphatic carbocycles. The maximum absolute atomic E-state index is 11.9. The summed E-state index contributed by atoms with van der Waals surface area (Å²) in [6.45, 7) is 2.46. The second-order valence-corrected chi connectivity index (χ2v) is 6.08. The van der Waals surface area contributed by atoms with Crippen LogP contribution in [0.3, 0.4) is 0 Å². The van der Waals surface area contributed by atoms with E-state index in [9.17, 15) is 4.79 Å². The molecule has 0 saturated heterocycles. The first kappa shape index (κ1) is 19.2. The third kappa shape index (κ3) is 4.76. The Bertz CT molecular complexity index is 958. The van der Waals surface area contributed by atoms with Gasteiger partial charge in [0.05, 0.1) is 25.5 Å². The minimum atomic E-state index is -0.410. The van der Waals surface area contributed by atoms with E-state index in [1.165, 1.54) is 7.11 Å². The molecule has 0 unspecified atom stereocenters. The summed E-state index contributed by atoms with van der Waals surface area (Å²) >= 11 is 0. The average molecular weight is 378 g/mol. The van der Waals surface area contributed by atoms with Gasteiger partial charge in [-0.05, 0) is 36.8 Å². The van der Waals surface area contributed by atoms with Gasteiger partial charge >= 0.3 is 5.97 Å². The van der Waals surface area contributed by atoms with E-state index in [4.69, 9.17) is 9.47 Å². The second-order valence-electron chi connectivity index (χ2n) is 6.08. The Balaban J connectivity index is 1.75. The molecule has 28 heavy (non-hydrogen) atoms. The molecule has 1 aromatic heterocycles. The van der Waals surface area contributed by atoms with Crippen molar-refractivity contribution in [2.45, 2.75) is 13.5 Å². The van der Waals surface area contributed by atoms with Crippen molar-refractivity contribution in [3.05, 3.63) is 71.4 Å². The monoisotopic (exact) mass is 378 g/mol. The number of ether oxygens (including phenoxy) is 2. The third-order valence-electron chi connectivity index (χ3n) is 4.06. The molecule has 7 heteroatoms. The molecule has 0 aliphatic rings. The number of methoxy groups -OCH3 is 2. The van der Waals surface area contributed by atoms with Crippen LogP contribution in [-0.4, -0.2) is 30.2 Å². The minimum absolute atomic E-state index is 0.410. The predicted octanol–water partition coefficient (Wildman–Crippen LogP) is 3.94. The quantitative estimate of drug-likeness (QED) is 0.602. The Morgan fingerprint density at radius 2 is 1.79 bits per heavy atom. The molecule has 3 aromatic rings. The Labute approximate surface area is 163 Å². The molecule has 7 nitrogen and oxygen atoms in total. The van der Waals surface area contributed by atoms with Crippen molar-refractivity contribution in [2.24, 2.45) is 0 Å². The lowest BCUT2D eigenvalue weighted by Crippen LogP contribution is -2.08. The Morgan fingerprint density at radius 1 is 1.04 bits per heavy atom. The lowest BCUT2D eigenvalue weighted by Gasteiger charge is -2.12. The maximum atomic E-state index is 11.9. The van der Waals surface area contributed by atoms with Gasteiger partial charge in [-0.2, -0.15) is 4.98 Å². The zero-order valence-electron chi connectivity index (χ0n) is 16.0. The molecule has 0 amide bonds. The highest BCUT2D eigenvalue weighted by Crippen LogP contribution is 2.22. The third-order valence-corrected chi connectivity index (χ3v) is 4.06. The molecule has 0 aliphatic heterocycles. The summed E-state index contributed by atoms with van der Waals surface area (Å²) in [6, 6.07) is 16.7. The van der Waals surface area contributed by atoms with Crippen molar-refractivity contribution >= 4 is 23.4 Å². The van der Waals surface area contributed by atoms with Crippen LogP contribution in [0.2, 0.25) is 0 Å². The van der Waals surface area contributed by atoms with Crippen LogP contribution < -0.4 is 15.4 Å². The molecule has 2 aromatic carbocycles. The smallest absolute Gasteiger partial charge is 0.339 e. The van der Waals surface area contributed by atoms with Gasteiger partial charge in [-0.1, -0.05) is 24.3 Å². The molecule has 0 atom stereocenters. The number of rotatable bonds is 7. The first-order valence-electron chi connectivity index (χ1n) is 8.76. The normalized spacial score (nSPS) is 10.2. The number of aromatic nitrogens is 2. The molecule has 0 bridgehead atoms. The zero-order chi connectivity index (χ0) is 19.9. The minimum Gasteiger partial charge on any atom is -0.497 e. The van der Waals surface area contributed by atoms with Gasteiger partial charge in [0.1, 0.15) is 11.6 Å². The molecule has 0 radical (unpaired) electrons. The predicted molar refractivity (Wildman–Crippen MR) is 108 cm³/mol. The lowest BCUT2D eigenvalue weighted by molar-refractivity contribution is 0.0602. The van der Waals surface area contributed by atoms with Crippen molar-refractivity contribution in [1.82, 2.24) is 9.97 Å². The van der Waals surface area contributed by atoms with E-state index >= 15 is 0 Å². The van der Waals surface area contributed by atoms with Gasteiger partial charge in [0, 0.05) is 18.3 Å². The summed E-state index contributed by atoms with van der Waals surface area (Å²) in [5, 5.41) is 6.39. The Morgan fingerprint density at radius 3 is 2.50 bits per heavy atom. The number of hydrogen-bond acceptors (Lipinski definition) is 7. The topological polar surface area (TPSA) is 85.4 Å². The van der Waals surface area contributed by atoms with Crippen LogP contribution in [-0.2, 0) is 11.3 Å². The van der Waals surface area contributed by atoms with Crippen molar-refractivity contribution < 1.29 is 14.3 Å². The molecule has 3 rings (SSSR count). The fourth-order valence-corrected chi connectivity index (χ4v) is 2.65. The fourth-order valence-electron chi connectivity index (χ4n) is 2.65. The second kappa shape index (κ2) is 8.85. The van der Waals surface area contributed by atoms with Crippen LogP contribution in [0, 0.1) is 6.92 Å². The number of nitrogens with one attached hydrogen (secondary N) is 2. The van der Waals surface area contributed by atoms with Crippen LogP contribution in [0.4, 0.5) is 17.5 Å². The lowest BCUT2D eigenvalue weighted by atomic mass is 10.2. The summed E-state index contributed by atoms with van der Waals surface area (Å²) in [7, 11) is 3.00. The fraction of sp³-hybridized carbons (Fsp3) is 0.190. The van der Waals surface area contributed by atoms with Gasteiger partial charge < -0.3 is 20.1 Å². The highest BCUT2D eigenvalue weighted by atomic mass is 16.5. The van der Waals surface area contributed by atoms with Crippen molar-refractivity contribution in [3.8, 4) is 5.75 Å². The zero-order valence-corrected chi connectivity index (χ0v) is 16.0. The maximum Gasteiger partial charge on any atom is 0.339 e. The van der Waals surface area contributed by atoms with Crippen LogP contribution in [0.15, 0.2) is 54.6 Å². The number of hydrogen-bond donors (Lipinski definition) is 2. The molecule has 2 N–H and O–H groups in total. The van der Waals surface area contributed by atoms with E-state index in [0.29, 0.717) is 29.6 Å².